The molecule has 1 aromatic heterocycles. The number of hydrogen-bond acceptors (Lipinski definition) is 1. The van der Waals surface area contributed by atoms with Crippen LogP contribution in [0.2, 0.25) is 0 Å². The van der Waals surface area contributed by atoms with Gasteiger partial charge in [0.1, 0.15) is 11.2 Å². The largest absolute Gasteiger partial charge is 0.456 e. The Bertz CT molecular complexity index is 1320. The van der Waals surface area contributed by atoms with Gasteiger partial charge in [-0.15, -0.1) is 0 Å². The molecule has 0 radical (unpaired) electrons. The van der Waals surface area contributed by atoms with Gasteiger partial charge in [0.05, 0.1) is 0 Å². The van der Waals surface area contributed by atoms with Gasteiger partial charge in [-0.1, -0.05) is 97.1 Å². The van der Waals surface area contributed by atoms with Crippen LogP contribution in [0.25, 0.3) is 46.2 Å². The number of hydrogen-bond donors (Lipinski definition) is 0. The maximum Gasteiger partial charge on any atom is 0.136 e. The summed E-state index contributed by atoms with van der Waals surface area (Å²) in [7, 11) is 0. The van der Waals surface area contributed by atoms with Crippen molar-refractivity contribution in [1.82, 2.24) is 0 Å². The van der Waals surface area contributed by atoms with Crippen molar-refractivity contribution in [3.8, 4) is 0 Å². The highest BCUT2D eigenvalue weighted by Crippen LogP contribution is 2.31. The Hall–Kier alpha value is -3.84. The molecule has 5 aromatic rings. The smallest absolute Gasteiger partial charge is 0.136 e. The van der Waals surface area contributed by atoms with Gasteiger partial charge < -0.3 is 4.42 Å². The van der Waals surface area contributed by atoms with Crippen molar-refractivity contribution < 1.29 is 4.42 Å². The molecule has 0 spiro atoms. The van der Waals surface area contributed by atoms with Crippen LogP contribution in [0.15, 0.2) is 101 Å². The second kappa shape index (κ2) is 7.65. The third-order valence-corrected chi connectivity index (χ3v) is 5.05. The molecule has 29 heavy (non-hydrogen) atoms. The van der Waals surface area contributed by atoms with E-state index in [0.717, 1.165) is 33.1 Å². The molecule has 0 saturated carbocycles. The van der Waals surface area contributed by atoms with E-state index >= 15 is 0 Å². The molecule has 0 amide bonds. The van der Waals surface area contributed by atoms with Crippen LogP contribution >= 0.6 is 0 Å². The molecule has 1 heterocycles. The van der Waals surface area contributed by atoms with Gasteiger partial charge in [0.25, 0.3) is 0 Å². The van der Waals surface area contributed by atoms with Gasteiger partial charge in [0.15, 0.2) is 0 Å². The van der Waals surface area contributed by atoms with Crippen molar-refractivity contribution in [3.63, 3.8) is 0 Å². The molecule has 0 fully saturated rings. The highest BCUT2D eigenvalue weighted by molar-refractivity contribution is 6.06. The van der Waals surface area contributed by atoms with E-state index in [4.69, 9.17) is 4.42 Å². The number of rotatable bonds is 4. The quantitative estimate of drug-likeness (QED) is 0.292. The first kappa shape index (κ1) is 17.3. The molecule has 138 valence electrons. The first-order valence-corrected chi connectivity index (χ1v) is 9.78. The molecule has 1 nitrogen and oxygen atoms in total. The van der Waals surface area contributed by atoms with Gasteiger partial charge in [0, 0.05) is 10.8 Å². The standard InChI is InChI=1S/C28H20O/c1-3-7-21(8-4-1)11-13-23-16-18-27-26(19-23)25-17-15-24(20-28(25)29-27)14-12-22-9-5-2-6-10-22/h1-20H/b13-11+,14-12+. The third kappa shape index (κ3) is 3.76. The van der Waals surface area contributed by atoms with Gasteiger partial charge in [-0.2, -0.15) is 0 Å². The number of furan rings is 1. The van der Waals surface area contributed by atoms with Gasteiger partial charge >= 0.3 is 0 Å². The van der Waals surface area contributed by atoms with E-state index in [-0.39, 0.29) is 0 Å². The number of benzene rings is 4. The van der Waals surface area contributed by atoms with Gasteiger partial charge in [-0.3, -0.25) is 0 Å². The summed E-state index contributed by atoms with van der Waals surface area (Å²) in [5.41, 5.74) is 6.51. The zero-order valence-corrected chi connectivity index (χ0v) is 16.0. The molecule has 0 aliphatic carbocycles. The molecule has 0 aliphatic rings. The summed E-state index contributed by atoms with van der Waals surface area (Å²) < 4.78 is 6.10. The summed E-state index contributed by atoms with van der Waals surface area (Å²) >= 11 is 0. The van der Waals surface area contributed by atoms with Crippen LogP contribution in [0.1, 0.15) is 22.3 Å². The molecule has 0 saturated heterocycles. The van der Waals surface area contributed by atoms with Crippen LogP contribution in [0.3, 0.4) is 0 Å². The molecule has 5 rings (SSSR count). The van der Waals surface area contributed by atoms with Crippen molar-refractivity contribution in [2.45, 2.75) is 0 Å². The second-order valence-electron chi connectivity index (χ2n) is 7.10. The van der Waals surface area contributed by atoms with E-state index in [2.05, 4.69) is 97.1 Å². The predicted octanol–water partition coefficient (Wildman–Crippen LogP) is 7.93. The fourth-order valence-corrected chi connectivity index (χ4v) is 3.53. The van der Waals surface area contributed by atoms with Crippen LogP contribution in [0.4, 0.5) is 0 Å². The minimum absolute atomic E-state index is 0.916. The topological polar surface area (TPSA) is 13.1 Å². The van der Waals surface area contributed by atoms with Crippen molar-refractivity contribution >= 4 is 46.2 Å². The van der Waals surface area contributed by atoms with E-state index in [1.54, 1.807) is 0 Å². The van der Waals surface area contributed by atoms with Gasteiger partial charge in [-0.05, 0) is 46.5 Å². The van der Waals surface area contributed by atoms with Crippen LogP contribution in [-0.4, -0.2) is 0 Å². The predicted molar refractivity (Wildman–Crippen MR) is 124 cm³/mol. The van der Waals surface area contributed by atoms with Crippen molar-refractivity contribution in [1.29, 1.82) is 0 Å². The summed E-state index contributed by atoms with van der Waals surface area (Å²) in [6.07, 6.45) is 8.52. The zero-order chi connectivity index (χ0) is 19.5. The Morgan fingerprint density at radius 2 is 0.966 bits per heavy atom. The van der Waals surface area contributed by atoms with Crippen LogP contribution in [0.5, 0.6) is 0 Å². The fraction of sp³-hybridized carbons (Fsp3) is 0. The fourth-order valence-electron chi connectivity index (χ4n) is 3.53. The second-order valence-corrected chi connectivity index (χ2v) is 7.10. The molecule has 0 N–H and O–H groups in total. The van der Waals surface area contributed by atoms with Gasteiger partial charge in [0.2, 0.25) is 0 Å². The normalized spacial score (nSPS) is 11.9. The third-order valence-electron chi connectivity index (χ3n) is 5.05. The van der Waals surface area contributed by atoms with Crippen LogP contribution < -0.4 is 0 Å². The lowest BCUT2D eigenvalue weighted by Crippen LogP contribution is -1.75. The van der Waals surface area contributed by atoms with E-state index in [9.17, 15) is 0 Å². The minimum atomic E-state index is 0.916. The van der Waals surface area contributed by atoms with E-state index < -0.39 is 0 Å². The molecule has 0 bridgehead atoms. The first-order chi connectivity index (χ1) is 14.3. The maximum atomic E-state index is 6.10. The highest BCUT2D eigenvalue weighted by atomic mass is 16.3. The Balaban J connectivity index is 1.47. The Kier molecular flexibility index (Phi) is 4.56. The lowest BCUT2D eigenvalue weighted by atomic mass is 10.1. The van der Waals surface area contributed by atoms with Crippen LogP contribution in [-0.2, 0) is 0 Å². The van der Waals surface area contributed by atoms with E-state index in [0.29, 0.717) is 0 Å². The summed E-state index contributed by atoms with van der Waals surface area (Å²) in [4.78, 5) is 0. The lowest BCUT2D eigenvalue weighted by Gasteiger charge is -1.96. The van der Waals surface area contributed by atoms with Gasteiger partial charge in [-0.25, -0.2) is 0 Å². The minimum Gasteiger partial charge on any atom is -0.456 e. The van der Waals surface area contributed by atoms with E-state index in [1.165, 1.54) is 11.1 Å². The summed E-state index contributed by atoms with van der Waals surface area (Å²) in [5.74, 6) is 0. The first-order valence-electron chi connectivity index (χ1n) is 9.78. The summed E-state index contributed by atoms with van der Waals surface area (Å²) in [6, 6.07) is 33.4. The molecule has 0 unspecified atom stereocenters. The van der Waals surface area contributed by atoms with Crippen molar-refractivity contribution in [3.05, 3.63) is 119 Å². The Labute approximate surface area is 170 Å². The number of fused-ring (bicyclic) bond motifs is 3. The summed E-state index contributed by atoms with van der Waals surface area (Å²) in [5, 5.41) is 2.29. The van der Waals surface area contributed by atoms with Crippen molar-refractivity contribution in [2.24, 2.45) is 0 Å². The average Bonchev–Trinajstić information content (AvgIpc) is 3.15. The monoisotopic (exact) mass is 372 g/mol. The molecule has 0 atom stereocenters. The van der Waals surface area contributed by atoms with E-state index in [1.807, 2.05) is 24.3 Å². The SMILES string of the molecule is C(=C\c1ccc2c(c1)oc1ccc(/C=C/c3ccccc3)cc12)/c1ccccc1. The Morgan fingerprint density at radius 1 is 0.414 bits per heavy atom. The molecular formula is C28H20O. The molecule has 4 aromatic carbocycles. The molecular weight excluding hydrogens is 352 g/mol. The highest BCUT2D eigenvalue weighted by Gasteiger charge is 2.07. The Morgan fingerprint density at radius 3 is 1.62 bits per heavy atom. The maximum absolute atomic E-state index is 6.10. The van der Waals surface area contributed by atoms with Crippen LogP contribution in [0, 0.1) is 0 Å². The zero-order valence-electron chi connectivity index (χ0n) is 16.0. The molecule has 1 heteroatoms. The average molecular weight is 372 g/mol. The summed E-state index contributed by atoms with van der Waals surface area (Å²) in [6.45, 7) is 0. The molecule has 0 aliphatic heterocycles. The van der Waals surface area contributed by atoms with Crippen molar-refractivity contribution in [2.75, 3.05) is 0 Å². The lowest BCUT2D eigenvalue weighted by molar-refractivity contribution is 0.669.